The van der Waals surface area contributed by atoms with E-state index in [0.29, 0.717) is 42.9 Å². The summed E-state index contributed by atoms with van der Waals surface area (Å²) in [7, 11) is 0. The second-order valence-electron chi connectivity index (χ2n) is 10.5. The van der Waals surface area contributed by atoms with E-state index in [1.54, 1.807) is 36.4 Å². The molecule has 6 nitrogen and oxygen atoms in total. The van der Waals surface area contributed by atoms with Gasteiger partial charge in [-0.15, -0.1) is 0 Å². The summed E-state index contributed by atoms with van der Waals surface area (Å²) in [6.45, 7) is 3.58. The minimum atomic E-state index is -4.55. The lowest BCUT2D eigenvalue weighted by Crippen LogP contribution is -2.63. The van der Waals surface area contributed by atoms with Crippen LogP contribution in [0, 0.1) is 5.92 Å². The van der Waals surface area contributed by atoms with E-state index in [1.807, 2.05) is 11.8 Å². The standard InChI is InChI=1S/C30H28F6N4O2/c1-19(39-13-15-40(16-14-39)22-6-4-5-20(17-22)29(31,32)33)28(11-3-2-7-24(28)27(41)42)38-25-10-12-37-26-18-21(30(34,35)36)8-9-23(25)26/h2-12,17-19,24H,13-16H2,1H3,(H,37,38)(H,41,42). The zero-order valence-corrected chi connectivity index (χ0v) is 22.5. The molecule has 2 aromatic carbocycles. The lowest BCUT2D eigenvalue weighted by atomic mass is 9.74. The molecule has 0 saturated carbocycles. The third-order valence-corrected chi connectivity index (χ3v) is 8.08. The van der Waals surface area contributed by atoms with Crippen LogP contribution in [0.25, 0.3) is 10.9 Å². The van der Waals surface area contributed by atoms with E-state index in [2.05, 4.69) is 15.2 Å². The first-order chi connectivity index (χ1) is 19.8. The quantitative estimate of drug-likeness (QED) is 0.321. The van der Waals surface area contributed by atoms with Crippen molar-refractivity contribution in [2.75, 3.05) is 36.4 Å². The lowest BCUT2D eigenvalue weighted by molar-refractivity contribution is -0.142. The molecular formula is C30H28F6N4O2. The fourth-order valence-electron chi connectivity index (χ4n) is 5.78. The number of carbonyl (C=O) groups is 1. The molecule has 12 heteroatoms. The van der Waals surface area contributed by atoms with Crippen LogP contribution in [0.3, 0.4) is 0 Å². The molecule has 2 heterocycles. The molecule has 0 bridgehead atoms. The van der Waals surface area contributed by atoms with Crippen LogP contribution in [-0.2, 0) is 17.1 Å². The molecule has 1 fully saturated rings. The van der Waals surface area contributed by atoms with Crippen LogP contribution >= 0.6 is 0 Å². The number of piperazine rings is 1. The van der Waals surface area contributed by atoms with Gasteiger partial charge in [0.1, 0.15) is 5.92 Å². The Morgan fingerprint density at radius 3 is 2.33 bits per heavy atom. The molecule has 42 heavy (non-hydrogen) atoms. The first kappa shape index (κ1) is 29.4. The van der Waals surface area contributed by atoms with Gasteiger partial charge in [-0.25, -0.2) is 0 Å². The number of hydrogen-bond acceptors (Lipinski definition) is 5. The van der Waals surface area contributed by atoms with E-state index >= 15 is 0 Å². The molecule has 0 amide bonds. The molecule has 222 valence electrons. The Bertz CT molecular complexity index is 1530. The number of nitrogens with one attached hydrogen (secondary N) is 1. The molecule has 1 saturated heterocycles. The van der Waals surface area contributed by atoms with Gasteiger partial charge in [0.05, 0.1) is 22.2 Å². The predicted molar refractivity (Wildman–Crippen MR) is 147 cm³/mol. The SMILES string of the molecule is CC(N1CCN(c2cccc(C(F)(F)F)c2)CC1)C1(Nc2ccnc3cc(C(F)(F)F)ccc23)C=CC=CC1C(=O)O. The molecule has 3 atom stereocenters. The normalized spacial score (nSPS) is 22.4. The van der Waals surface area contributed by atoms with E-state index in [4.69, 9.17) is 0 Å². The van der Waals surface area contributed by atoms with Crippen molar-refractivity contribution < 1.29 is 36.2 Å². The number of carboxylic acid groups (broad SMARTS) is 1. The van der Waals surface area contributed by atoms with Crippen molar-refractivity contribution in [3.8, 4) is 0 Å². The zero-order valence-electron chi connectivity index (χ0n) is 22.5. The number of aromatic nitrogens is 1. The predicted octanol–water partition coefficient (Wildman–Crippen LogP) is 6.46. The van der Waals surface area contributed by atoms with Crippen molar-refractivity contribution in [3.05, 3.63) is 90.2 Å². The van der Waals surface area contributed by atoms with Crippen LogP contribution in [0.15, 0.2) is 79.0 Å². The fourth-order valence-corrected chi connectivity index (χ4v) is 5.78. The van der Waals surface area contributed by atoms with E-state index in [0.717, 1.165) is 24.3 Å². The molecule has 1 aliphatic heterocycles. The van der Waals surface area contributed by atoms with Gasteiger partial charge in [-0.2, -0.15) is 26.3 Å². The summed E-state index contributed by atoms with van der Waals surface area (Å²) in [5.74, 6) is -2.12. The molecule has 3 unspecified atom stereocenters. The highest BCUT2D eigenvalue weighted by Gasteiger charge is 2.48. The number of halogens is 6. The Labute approximate surface area is 237 Å². The Kier molecular flexibility index (Phi) is 7.69. The molecular weight excluding hydrogens is 562 g/mol. The Morgan fingerprint density at radius 2 is 1.67 bits per heavy atom. The van der Waals surface area contributed by atoms with Gasteiger partial charge in [-0.05, 0) is 43.3 Å². The molecule has 1 aliphatic carbocycles. The Balaban J connectivity index is 1.44. The largest absolute Gasteiger partial charge is 0.481 e. The van der Waals surface area contributed by atoms with Crippen LogP contribution in [-0.4, -0.2) is 58.7 Å². The molecule has 2 aliphatic rings. The molecule has 1 aromatic heterocycles. The number of aliphatic carboxylic acids is 1. The van der Waals surface area contributed by atoms with Crippen LogP contribution < -0.4 is 10.2 Å². The summed E-state index contributed by atoms with van der Waals surface area (Å²) < 4.78 is 79.7. The lowest BCUT2D eigenvalue weighted by Gasteiger charge is -2.49. The monoisotopic (exact) mass is 590 g/mol. The number of benzene rings is 2. The van der Waals surface area contributed by atoms with Crippen LogP contribution in [0.5, 0.6) is 0 Å². The number of nitrogens with zero attached hydrogens (tertiary/aromatic N) is 3. The topological polar surface area (TPSA) is 68.7 Å². The maximum absolute atomic E-state index is 13.3. The number of anilines is 2. The van der Waals surface area contributed by atoms with E-state index < -0.39 is 46.9 Å². The van der Waals surface area contributed by atoms with Crippen molar-refractivity contribution >= 4 is 28.2 Å². The van der Waals surface area contributed by atoms with Gasteiger partial charge in [0.25, 0.3) is 0 Å². The average Bonchev–Trinajstić information content (AvgIpc) is 2.96. The fraction of sp³-hybridized carbons (Fsp3) is 0.333. The first-order valence-corrected chi connectivity index (χ1v) is 13.3. The second kappa shape index (κ2) is 11.0. The summed E-state index contributed by atoms with van der Waals surface area (Å²) in [6.07, 6.45) is -0.944. The van der Waals surface area contributed by atoms with Crippen molar-refractivity contribution in [2.24, 2.45) is 5.92 Å². The van der Waals surface area contributed by atoms with Gasteiger partial charge < -0.3 is 15.3 Å². The number of hydrogen-bond donors (Lipinski definition) is 2. The minimum Gasteiger partial charge on any atom is -0.481 e. The summed E-state index contributed by atoms with van der Waals surface area (Å²) >= 11 is 0. The van der Waals surface area contributed by atoms with Gasteiger partial charge in [0, 0.05) is 55.2 Å². The van der Waals surface area contributed by atoms with Crippen molar-refractivity contribution in [1.29, 1.82) is 0 Å². The molecule has 2 N–H and O–H groups in total. The number of fused-ring (bicyclic) bond motifs is 1. The molecule has 0 radical (unpaired) electrons. The minimum absolute atomic E-state index is 0.106. The molecule has 0 spiro atoms. The third-order valence-electron chi connectivity index (χ3n) is 8.08. The summed E-state index contributed by atoms with van der Waals surface area (Å²) in [5.41, 5.74) is -1.80. The Hall–Kier alpha value is -4.06. The van der Waals surface area contributed by atoms with Crippen LogP contribution in [0.1, 0.15) is 18.1 Å². The van der Waals surface area contributed by atoms with Crippen molar-refractivity contribution in [1.82, 2.24) is 9.88 Å². The van der Waals surface area contributed by atoms with Crippen molar-refractivity contribution in [2.45, 2.75) is 30.9 Å². The Morgan fingerprint density at radius 1 is 0.976 bits per heavy atom. The number of rotatable bonds is 6. The van der Waals surface area contributed by atoms with Gasteiger partial charge in [-0.1, -0.05) is 36.4 Å². The van der Waals surface area contributed by atoms with Crippen molar-refractivity contribution in [3.63, 3.8) is 0 Å². The number of alkyl halides is 6. The van der Waals surface area contributed by atoms with Gasteiger partial charge in [0.15, 0.2) is 0 Å². The molecule has 5 rings (SSSR count). The highest BCUT2D eigenvalue weighted by atomic mass is 19.4. The van der Waals surface area contributed by atoms with E-state index in [9.17, 15) is 36.2 Å². The second-order valence-corrected chi connectivity index (χ2v) is 10.5. The van der Waals surface area contributed by atoms with Gasteiger partial charge in [0.2, 0.25) is 0 Å². The third kappa shape index (κ3) is 5.67. The smallest absolute Gasteiger partial charge is 0.416 e. The maximum Gasteiger partial charge on any atom is 0.416 e. The number of carboxylic acids is 1. The average molecular weight is 591 g/mol. The van der Waals surface area contributed by atoms with Crippen LogP contribution in [0.2, 0.25) is 0 Å². The maximum atomic E-state index is 13.3. The highest BCUT2D eigenvalue weighted by molar-refractivity contribution is 5.92. The highest BCUT2D eigenvalue weighted by Crippen LogP contribution is 2.39. The van der Waals surface area contributed by atoms with E-state index in [-0.39, 0.29) is 5.52 Å². The van der Waals surface area contributed by atoms with Gasteiger partial charge >= 0.3 is 18.3 Å². The summed E-state index contributed by atoms with van der Waals surface area (Å²) in [5, 5.41) is 14.0. The summed E-state index contributed by atoms with van der Waals surface area (Å²) in [4.78, 5) is 20.6. The molecule has 3 aromatic rings. The zero-order chi connectivity index (χ0) is 30.3. The van der Waals surface area contributed by atoms with E-state index in [1.165, 1.54) is 18.3 Å². The van der Waals surface area contributed by atoms with Crippen LogP contribution in [0.4, 0.5) is 37.7 Å². The number of allylic oxidation sites excluding steroid dienone is 2. The number of pyridine rings is 1. The van der Waals surface area contributed by atoms with Gasteiger partial charge in [-0.3, -0.25) is 14.7 Å². The first-order valence-electron chi connectivity index (χ1n) is 13.3. The summed E-state index contributed by atoms with van der Waals surface area (Å²) in [6, 6.07) is 9.54.